The highest BCUT2D eigenvalue weighted by Gasteiger charge is 2.36. The van der Waals surface area contributed by atoms with Gasteiger partial charge in [0.2, 0.25) is 0 Å². The summed E-state index contributed by atoms with van der Waals surface area (Å²) in [4.78, 5) is 12.3. The lowest BCUT2D eigenvalue weighted by atomic mass is 9.94. The molecule has 0 heterocycles. The van der Waals surface area contributed by atoms with Gasteiger partial charge in [-0.1, -0.05) is 57.2 Å². The Labute approximate surface area is 143 Å². The second-order valence-electron chi connectivity index (χ2n) is 7.74. The van der Waals surface area contributed by atoms with E-state index in [1.165, 1.54) is 0 Å². The molecule has 0 spiro atoms. The zero-order valence-corrected chi connectivity index (χ0v) is 16.4. The highest BCUT2D eigenvalue weighted by atomic mass is 28.4. The minimum Gasteiger partial charge on any atom is -0.417 e. The molecule has 0 aliphatic rings. The molecule has 2 nitrogen and oxygen atoms in total. The fourth-order valence-corrected chi connectivity index (χ4v) is 3.26. The van der Waals surface area contributed by atoms with Gasteiger partial charge in [0.25, 0.3) is 0 Å². The molecule has 1 atom stereocenters. The van der Waals surface area contributed by atoms with E-state index in [2.05, 4.69) is 40.4 Å². The van der Waals surface area contributed by atoms with Crippen molar-refractivity contribution in [2.24, 2.45) is 5.92 Å². The van der Waals surface area contributed by atoms with Gasteiger partial charge in [-0.25, -0.2) is 0 Å². The molecule has 0 fully saturated rings. The molecule has 0 N–H and O–H groups in total. The van der Waals surface area contributed by atoms with Crippen LogP contribution in [0.25, 0.3) is 0 Å². The van der Waals surface area contributed by atoms with Crippen LogP contribution in [0.3, 0.4) is 0 Å². The predicted molar refractivity (Wildman–Crippen MR) is 101 cm³/mol. The first kappa shape index (κ1) is 19.9. The monoisotopic (exact) mass is 332 g/mol. The fourth-order valence-electron chi connectivity index (χ4n) is 2.17. The van der Waals surface area contributed by atoms with Crippen molar-refractivity contribution in [1.29, 1.82) is 0 Å². The smallest absolute Gasteiger partial charge is 0.191 e. The van der Waals surface area contributed by atoms with E-state index in [1.54, 1.807) is 0 Å². The largest absolute Gasteiger partial charge is 0.417 e. The van der Waals surface area contributed by atoms with Crippen molar-refractivity contribution in [3.05, 3.63) is 48.6 Å². The van der Waals surface area contributed by atoms with E-state index in [1.807, 2.05) is 36.4 Å². The van der Waals surface area contributed by atoms with Crippen LogP contribution in [-0.2, 0) is 4.43 Å². The van der Waals surface area contributed by atoms with Crippen LogP contribution in [0, 0.1) is 5.92 Å². The van der Waals surface area contributed by atoms with Crippen molar-refractivity contribution < 1.29 is 9.22 Å². The maximum Gasteiger partial charge on any atom is 0.191 e. The number of benzene rings is 1. The second-order valence-corrected chi connectivity index (χ2v) is 12.5. The molecule has 0 aliphatic heterocycles. The van der Waals surface area contributed by atoms with E-state index in [4.69, 9.17) is 4.43 Å². The van der Waals surface area contributed by atoms with Crippen molar-refractivity contribution in [2.75, 3.05) is 6.61 Å². The Kier molecular flexibility index (Phi) is 7.42. The van der Waals surface area contributed by atoms with Gasteiger partial charge in [-0.05, 0) is 36.9 Å². The molecule has 0 amide bonds. The Hall–Kier alpha value is -1.19. The summed E-state index contributed by atoms with van der Waals surface area (Å²) in [6.07, 6.45) is 4.38. The van der Waals surface area contributed by atoms with Gasteiger partial charge < -0.3 is 4.43 Å². The zero-order chi connectivity index (χ0) is 17.5. The Morgan fingerprint density at radius 2 is 1.87 bits per heavy atom. The van der Waals surface area contributed by atoms with Crippen molar-refractivity contribution in [3.63, 3.8) is 0 Å². The first-order chi connectivity index (χ1) is 10.7. The number of carbonyl (C=O) groups excluding carboxylic acids is 1. The third kappa shape index (κ3) is 6.44. The molecule has 1 aromatic rings. The number of ketones is 1. The molecule has 0 saturated heterocycles. The highest BCUT2D eigenvalue weighted by molar-refractivity contribution is 6.74. The zero-order valence-electron chi connectivity index (χ0n) is 15.4. The van der Waals surface area contributed by atoms with Crippen LogP contribution in [0.2, 0.25) is 18.1 Å². The van der Waals surface area contributed by atoms with Crippen LogP contribution in [0.4, 0.5) is 0 Å². The normalized spacial score (nSPS) is 13.6. The first-order valence-electron chi connectivity index (χ1n) is 8.52. The molecule has 1 rings (SSSR count). The summed E-state index contributed by atoms with van der Waals surface area (Å²) in [5.74, 6) is 0.423. The summed E-state index contributed by atoms with van der Waals surface area (Å²) in [7, 11) is -1.66. The molecule has 0 aromatic heterocycles. The molecular weight excluding hydrogens is 300 g/mol. The summed E-state index contributed by atoms with van der Waals surface area (Å²) in [6.45, 7) is 16.0. The van der Waals surface area contributed by atoms with E-state index in [0.717, 1.165) is 25.0 Å². The number of allylic oxidation sites excluding steroid dienone is 1. The van der Waals surface area contributed by atoms with E-state index in [9.17, 15) is 4.79 Å². The summed E-state index contributed by atoms with van der Waals surface area (Å²) in [6, 6.07) is 9.50. The molecular formula is C20H32O2Si. The van der Waals surface area contributed by atoms with Gasteiger partial charge in [0, 0.05) is 18.6 Å². The summed E-state index contributed by atoms with van der Waals surface area (Å²) in [5, 5.41) is 0.244. The number of hydrogen-bond donors (Lipinski definition) is 0. The van der Waals surface area contributed by atoms with E-state index in [0.29, 0.717) is 6.42 Å². The number of rotatable bonds is 9. The SMILES string of the molecule is C=CC(CCCO[Si](C)(C)C(C)(C)C)CC(=O)c1ccccc1. The second kappa shape index (κ2) is 8.60. The van der Waals surface area contributed by atoms with Gasteiger partial charge in [0.1, 0.15) is 0 Å². The van der Waals surface area contributed by atoms with Crippen molar-refractivity contribution >= 4 is 14.1 Å². The van der Waals surface area contributed by atoms with Gasteiger partial charge in [-0.3, -0.25) is 4.79 Å². The quantitative estimate of drug-likeness (QED) is 0.245. The standard InChI is InChI=1S/C20H32O2Si/c1-7-17(16-19(21)18-13-9-8-10-14-18)12-11-15-22-23(5,6)20(2,3)4/h7-10,13-14,17H,1,11-12,15-16H2,2-6H3. The molecule has 1 aromatic carbocycles. The minimum absolute atomic E-state index is 0.195. The van der Waals surface area contributed by atoms with Crippen LogP contribution in [0.1, 0.15) is 50.4 Å². The molecule has 0 radical (unpaired) electrons. The van der Waals surface area contributed by atoms with Crippen molar-refractivity contribution in [2.45, 2.75) is 58.2 Å². The fraction of sp³-hybridized carbons (Fsp3) is 0.550. The molecule has 0 bridgehead atoms. The number of Topliss-reactive ketones (excluding diaryl/α,β-unsaturated/α-hetero) is 1. The predicted octanol–water partition coefficient (Wildman–Crippen LogP) is 5.86. The van der Waals surface area contributed by atoms with E-state index < -0.39 is 8.32 Å². The van der Waals surface area contributed by atoms with Crippen LogP contribution in [0.5, 0.6) is 0 Å². The van der Waals surface area contributed by atoms with Crippen LogP contribution >= 0.6 is 0 Å². The molecule has 0 saturated carbocycles. The lowest BCUT2D eigenvalue weighted by Gasteiger charge is -2.36. The topological polar surface area (TPSA) is 26.3 Å². The van der Waals surface area contributed by atoms with Gasteiger partial charge in [0.05, 0.1) is 0 Å². The molecule has 23 heavy (non-hydrogen) atoms. The third-order valence-corrected chi connectivity index (χ3v) is 9.40. The lowest BCUT2D eigenvalue weighted by Crippen LogP contribution is -2.41. The van der Waals surface area contributed by atoms with Crippen LogP contribution in [0.15, 0.2) is 43.0 Å². The summed E-state index contributed by atoms with van der Waals surface area (Å²) < 4.78 is 6.20. The van der Waals surface area contributed by atoms with Gasteiger partial charge in [0.15, 0.2) is 14.1 Å². The highest BCUT2D eigenvalue weighted by Crippen LogP contribution is 2.36. The maximum absolute atomic E-state index is 12.3. The molecule has 0 aliphatic carbocycles. The Bertz CT molecular complexity index is 500. The summed E-state index contributed by atoms with van der Waals surface area (Å²) >= 11 is 0. The van der Waals surface area contributed by atoms with Gasteiger partial charge in [-0.15, -0.1) is 6.58 Å². The Morgan fingerprint density at radius 3 is 2.39 bits per heavy atom. The Balaban J connectivity index is 2.40. The number of hydrogen-bond acceptors (Lipinski definition) is 2. The molecule has 1 unspecified atom stereocenters. The minimum atomic E-state index is -1.66. The van der Waals surface area contributed by atoms with E-state index in [-0.39, 0.29) is 16.7 Å². The maximum atomic E-state index is 12.3. The third-order valence-electron chi connectivity index (χ3n) is 4.87. The van der Waals surface area contributed by atoms with Crippen molar-refractivity contribution in [3.8, 4) is 0 Å². The van der Waals surface area contributed by atoms with Crippen LogP contribution in [-0.4, -0.2) is 20.7 Å². The average molecular weight is 333 g/mol. The van der Waals surface area contributed by atoms with E-state index >= 15 is 0 Å². The van der Waals surface area contributed by atoms with Gasteiger partial charge >= 0.3 is 0 Å². The molecule has 128 valence electrons. The van der Waals surface area contributed by atoms with Gasteiger partial charge in [-0.2, -0.15) is 0 Å². The number of carbonyl (C=O) groups is 1. The van der Waals surface area contributed by atoms with Crippen LogP contribution < -0.4 is 0 Å². The summed E-state index contributed by atoms with van der Waals surface area (Å²) in [5.41, 5.74) is 0.789. The lowest BCUT2D eigenvalue weighted by molar-refractivity contribution is 0.0966. The van der Waals surface area contributed by atoms with Crippen molar-refractivity contribution in [1.82, 2.24) is 0 Å². The average Bonchev–Trinajstić information content (AvgIpc) is 2.49. The Morgan fingerprint density at radius 1 is 1.26 bits per heavy atom. The molecule has 3 heteroatoms. The first-order valence-corrected chi connectivity index (χ1v) is 11.4.